The van der Waals surface area contributed by atoms with Gasteiger partial charge in [-0.3, -0.25) is 9.78 Å². The topological polar surface area (TPSA) is 98.5 Å². The van der Waals surface area contributed by atoms with E-state index in [1.807, 2.05) is 48.3 Å². The third kappa shape index (κ3) is 1.88. The van der Waals surface area contributed by atoms with Crippen LogP contribution in [0.4, 0.5) is 11.4 Å². The fourth-order valence-electron chi connectivity index (χ4n) is 2.89. The number of aromatic nitrogens is 4. The van der Waals surface area contributed by atoms with Gasteiger partial charge >= 0.3 is 0 Å². The summed E-state index contributed by atoms with van der Waals surface area (Å²) >= 11 is 0. The molecule has 2 aromatic heterocycles. The van der Waals surface area contributed by atoms with E-state index in [1.54, 1.807) is 0 Å². The minimum Gasteiger partial charge on any atom is -0.399 e. The number of nitrogen functional groups attached to an aromatic ring is 2. The largest absolute Gasteiger partial charge is 0.399 e. The van der Waals surface area contributed by atoms with Crippen LogP contribution in [-0.4, -0.2) is 20.0 Å². The summed E-state index contributed by atoms with van der Waals surface area (Å²) < 4.78 is 1.83. The molecular weight excluding hydrogens is 276 g/mol. The number of benzene rings is 2. The van der Waals surface area contributed by atoms with Crippen molar-refractivity contribution in [2.75, 3.05) is 11.5 Å². The van der Waals surface area contributed by atoms with Crippen LogP contribution in [0.5, 0.6) is 0 Å². The number of H-pyrrole nitrogens is 1. The maximum Gasteiger partial charge on any atom is 0.0745 e. The molecular formula is C16H16N6. The molecule has 22 heavy (non-hydrogen) atoms. The second kappa shape index (κ2) is 4.49. The van der Waals surface area contributed by atoms with Crippen molar-refractivity contribution in [3.63, 3.8) is 0 Å². The van der Waals surface area contributed by atoms with Gasteiger partial charge < -0.3 is 11.5 Å². The van der Waals surface area contributed by atoms with Crippen LogP contribution in [0.2, 0.25) is 0 Å². The van der Waals surface area contributed by atoms with Crippen LogP contribution in [0.3, 0.4) is 0 Å². The van der Waals surface area contributed by atoms with Crippen LogP contribution < -0.4 is 11.5 Å². The molecule has 110 valence electrons. The maximum absolute atomic E-state index is 6.03. The Morgan fingerprint density at radius 3 is 2.82 bits per heavy atom. The van der Waals surface area contributed by atoms with Gasteiger partial charge in [-0.15, -0.1) is 0 Å². The highest BCUT2D eigenvalue weighted by molar-refractivity contribution is 5.88. The molecule has 0 amide bonds. The Hall–Kier alpha value is -3.02. The SMILES string of the molecule is Cn1ncc2c(Cc3n[nH]c4ccc(N)cc34)cc(N)cc21. The van der Waals surface area contributed by atoms with E-state index >= 15 is 0 Å². The van der Waals surface area contributed by atoms with Gasteiger partial charge in [0.2, 0.25) is 0 Å². The zero-order chi connectivity index (χ0) is 15.3. The van der Waals surface area contributed by atoms with E-state index in [9.17, 15) is 0 Å². The van der Waals surface area contributed by atoms with Crippen LogP contribution in [0, 0.1) is 0 Å². The summed E-state index contributed by atoms with van der Waals surface area (Å²) in [7, 11) is 1.91. The van der Waals surface area contributed by atoms with Crippen molar-refractivity contribution < 1.29 is 0 Å². The average Bonchev–Trinajstić information content (AvgIpc) is 3.04. The third-order valence-corrected chi connectivity index (χ3v) is 4.00. The number of aromatic amines is 1. The number of anilines is 2. The Kier molecular flexibility index (Phi) is 2.59. The first-order valence-corrected chi connectivity index (χ1v) is 7.04. The van der Waals surface area contributed by atoms with Gasteiger partial charge in [0, 0.05) is 35.6 Å². The van der Waals surface area contributed by atoms with Gasteiger partial charge in [-0.05, 0) is 35.9 Å². The predicted molar refractivity (Wildman–Crippen MR) is 88.4 cm³/mol. The smallest absolute Gasteiger partial charge is 0.0745 e. The minimum atomic E-state index is 0.677. The van der Waals surface area contributed by atoms with Crippen LogP contribution in [0.25, 0.3) is 21.8 Å². The molecule has 6 nitrogen and oxygen atoms in total. The van der Waals surface area contributed by atoms with Crippen LogP contribution in [0.1, 0.15) is 11.3 Å². The predicted octanol–water partition coefficient (Wildman–Crippen LogP) is 2.20. The molecule has 0 fully saturated rings. The second-order valence-corrected chi connectivity index (χ2v) is 5.53. The molecule has 2 heterocycles. The van der Waals surface area contributed by atoms with E-state index in [0.717, 1.165) is 44.4 Å². The van der Waals surface area contributed by atoms with Gasteiger partial charge in [0.05, 0.1) is 22.9 Å². The van der Waals surface area contributed by atoms with Crippen molar-refractivity contribution in [3.8, 4) is 0 Å². The number of rotatable bonds is 2. The van der Waals surface area contributed by atoms with Crippen molar-refractivity contribution in [1.29, 1.82) is 0 Å². The van der Waals surface area contributed by atoms with E-state index in [-0.39, 0.29) is 0 Å². The summed E-state index contributed by atoms with van der Waals surface area (Å²) in [6.45, 7) is 0. The highest BCUT2D eigenvalue weighted by Crippen LogP contribution is 2.27. The lowest BCUT2D eigenvalue weighted by atomic mass is 10.0. The van der Waals surface area contributed by atoms with Gasteiger partial charge in [0.1, 0.15) is 0 Å². The fourth-order valence-corrected chi connectivity index (χ4v) is 2.89. The van der Waals surface area contributed by atoms with E-state index in [0.29, 0.717) is 6.42 Å². The second-order valence-electron chi connectivity index (χ2n) is 5.53. The summed E-state index contributed by atoms with van der Waals surface area (Å²) in [5, 5.41) is 13.9. The van der Waals surface area contributed by atoms with Crippen LogP contribution in [0.15, 0.2) is 36.5 Å². The van der Waals surface area contributed by atoms with E-state index in [4.69, 9.17) is 11.5 Å². The monoisotopic (exact) mass is 292 g/mol. The van der Waals surface area contributed by atoms with Crippen molar-refractivity contribution >= 4 is 33.2 Å². The summed E-state index contributed by atoms with van der Waals surface area (Å²) in [5.41, 5.74) is 17.4. The molecule has 0 radical (unpaired) electrons. The number of fused-ring (bicyclic) bond motifs is 2. The molecule has 0 aliphatic rings. The number of nitrogens with zero attached hydrogens (tertiary/aromatic N) is 3. The molecule has 0 saturated carbocycles. The first-order valence-electron chi connectivity index (χ1n) is 7.04. The molecule has 6 heteroatoms. The molecule has 4 rings (SSSR count). The Labute approximate surface area is 126 Å². The molecule has 0 aliphatic carbocycles. The molecule has 0 atom stereocenters. The quantitative estimate of drug-likeness (QED) is 0.493. The standard InChI is InChI=1S/C16H16N6/c1-22-16-7-11(18)4-9(13(16)8-19-22)5-15-12-6-10(17)2-3-14(12)20-21-15/h2-4,6-8H,5,17-18H2,1H3,(H,20,21). The van der Waals surface area contributed by atoms with Gasteiger partial charge in [0.25, 0.3) is 0 Å². The molecule has 0 saturated heterocycles. The molecule has 4 aromatic rings. The summed E-state index contributed by atoms with van der Waals surface area (Å²) in [6.07, 6.45) is 2.55. The lowest BCUT2D eigenvalue weighted by Crippen LogP contribution is -1.96. The van der Waals surface area contributed by atoms with Gasteiger partial charge in [0.15, 0.2) is 0 Å². The maximum atomic E-state index is 6.03. The molecule has 5 N–H and O–H groups in total. The van der Waals surface area contributed by atoms with Gasteiger partial charge in [-0.1, -0.05) is 0 Å². The molecule has 2 aromatic carbocycles. The van der Waals surface area contributed by atoms with Crippen molar-refractivity contribution in [2.45, 2.75) is 6.42 Å². The van der Waals surface area contributed by atoms with Crippen molar-refractivity contribution in [3.05, 3.63) is 47.8 Å². The third-order valence-electron chi connectivity index (χ3n) is 4.00. The van der Waals surface area contributed by atoms with Gasteiger partial charge in [-0.2, -0.15) is 10.2 Å². The molecule has 0 bridgehead atoms. The van der Waals surface area contributed by atoms with Crippen LogP contribution in [-0.2, 0) is 13.5 Å². The lowest BCUT2D eigenvalue weighted by molar-refractivity contribution is 0.797. The first-order chi connectivity index (χ1) is 10.6. The molecule has 0 unspecified atom stereocenters. The van der Waals surface area contributed by atoms with Crippen molar-refractivity contribution in [1.82, 2.24) is 20.0 Å². The minimum absolute atomic E-state index is 0.677. The Morgan fingerprint density at radius 2 is 1.95 bits per heavy atom. The number of hydrogen-bond acceptors (Lipinski definition) is 4. The fraction of sp³-hybridized carbons (Fsp3) is 0.125. The summed E-state index contributed by atoms with van der Waals surface area (Å²) in [5.74, 6) is 0. The lowest BCUT2D eigenvalue weighted by Gasteiger charge is -2.05. The average molecular weight is 292 g/mol. The highest BCUT2D eigenvalue weighted by atomic mass is 15.2. The highest BCUT2D eigenvalue weighted by Gasteiger charge is 2.12. The number of nitrogens with two attached hydrogens (primary N) is 2. The number of aryl methyl sites for hydroxylation is 1. The number of nitrogens with one attached hydrogen (secondary N) is 1. The summed E-state index contributed by atoms with van der Waals surface area (Å²) in [4.78, 5) is 0. The zero-order valence-corrected chi connectivity index (χ0v) is 12.2. The zero-order valence-electron chi connectivity index (χ0n) is 12.2. The molecule has 0 spiro atoms. The van der Waals surface area contributed by atoms with E-state index < -0.39 is 0 Å². The van der Waals surface area contributed by atoms with Crippen molar-refractivity contribution in [2.24, 2.45) is 7.05 Å². The first kappa shape index (κ1) is 12.7. The Balaban J connectivity index is 1.87. The Morgan fingerprint density at radius 1 is 1.09 bits per heavy atom. The van der Waals surface area contributed by atoms with E-state index in [2.05, 4.69) is 15.3 Å². The van der Waals surface area contributed by atoms with Crippen LogP contribution >= 0.6 is 0 Å². The summed E-state index contributed by atoms with van der Waals surface area (Å²) in [6, 6.07) is 9.68. The van der Waals surface area contributed by atoms with Gasteiger partial charge in [-0.25, -0.2) is 0 Å². The Bertz CT molecular complexity index is 995. The number of hydrogen-bond donors (Lipinski definition) is 3. The normalized spacial score (nSPS) is 11.5. The van der Waals surface area contributed by atoms with E-state index in [1.165, 1.54) is 0 Å². The molecule has 0 aliphatic heterocycles.